The van der Waals surface area contributed by atoms with Gasteiger partial charge in [-0.25, -0.2) is 4.57 Å². The average Bonchev–Trinajstić information content (AvgIpc) is 2.49. The standard InChI is InChI=1S/C14H16N3O/c1-2-6-15-14(3-1)17-7-4-13(5-8-17)16-9-11-18-12-10-16/h1-8H,9-12H2/q+1. The van der Waals surface area contributed by atoms with Crippen molar-refractivity contribution >= 4 is 5.69 Å². The number of pyridine rings is 2. The zero-order valence-corrected chi connectivity index (χ0v) is 10.2. The Morgan fingerprint density at radius 2 is 1.83 bits per heavy atom. The molecule has 0 aromatic carbocycles. The fraction of sp³-hybridized carbons (Fsp3) is 0.286. The molecule has 0 aliphatic carbocycles. The molecule has 18 heavy (non-hydrogen) atoms. The zero-order chi connectivity index (χ0) is 12.2. The first kappa shape index (κ1) is 11.2. The van der Waals surface area contributed by atoms with E-state index in [0.29, 0.717) is 0 Å². The molecule has 1 saturated heterocycles. The van der Waals surface area contributed by atoms with Gasteiger partial charge in [0.25, 0.3) is 0 Å². The van der Waals surface area contributed by atoms with Crippen molar-refractivity contribution in [3.8, 4) is 5.82 Å². The molecule has 0 spiro atoms. The van der Waals surface area contributed by atoms with Gasteiger partial charge in [0, 0.05) is 37.0 Å². The highest BCUT2D eigenvalue weighted by atomic mass is 16.5. The van der Waals surface area contributed by atoms with Crippen LogP contribution in [-0.4, -0.2) is 31.3 Å². The first-order valence-corrected chi connectivity index (χ1v) is 6.19. The highest BCUT2D eigenvalue weighted by Gasteiger charge is 2.12. The van der Waals surface area contributed by atoms with Crippen LogP contribution in [-0.2, 0) is 4.74 Å². The van der Waals surface area contributed by atoms with Crippen molar-refractivity contribution in [2.24, 2.45) is 0 Å². The Labute approximate surface area is 106 Å². The second-order valence-electron chi connectivity index (χ2n) is 4.25. The summed E-state index contributed by atoms with van der Waals surface area (Å²) in [6.45, 7) is 3.56. The lowest BCUT2D eigenvalue weighted by Crippen LogP contribution is -2.37. The summed E-state index contributed by atoms with van der Waals surface area (Å²) in [7, 11) is 0. The Kier molecular flexibility index (Phi) is 3.19. The van der Waals surface area contributed by atoms with Gasteiger partial charge in [-0.3, -0.25) is 0 Å². The fourth-order valence-electron chi connectivity index (χ4n) is 2.11. The molecular weight excluding hydrogens is 226 g/mol. The van der Waals surface area contributed by atoms with E-state index in [1.165, 1.54) is 5.69 Å². The number of hydrogen-bond acceptors (Lipinski definition) is 3. The third-order valence-corrected chi connectivity index (χ3v) is 3.10. The summed E-state index contributed by atoms with van der Waals surface area (Å²) in [5.74, 6) is 0.936. The maximum atomic E-state index is 5.36. The molecule has 1 aliphatic rings. The van der Waals surface area contributed by atoms with Crippen molar-refractivity contribution in [2.75, 3.05) is 31.2 Å². The van der Waals surface area contributed by atoms with Crippen LogP contribution in [0.4, 0.5) is 5.69 Å². The maximum absolute atomic E-state index is 5.36. The van der Waals surface area contributed by atoms with Crippen molar-refractivity contribution in [3.63, 3.8) is 0 Å². The molecule has 3 rings (SSSR count). The van der Waals surface area contributed by atoms with Crippen molar-refractivity contribution in [3.05, 3.63) is 48.9 Å². The predicted molar refractivity (Wildman–Crippen MR) is 68.8 cm³/mol. The van der Waals surface area contributed by atoms with Crippen LogP contribution in [0.15, 0.2) is 48.9 Å². The molecule has 1 fully saturated rings. The Morgan fingerprint density at radius 1 is 1.06 bits per heavy atom. The topological polar surface area (TPSA) is 29.2 Å². The van der Waals surface area contributed by atoms with Gasteiger partial charge < -0.3 is 9.64 Å². The summed E-state index contributed by atoms with van der Waals surface area (Å²) in [6.07, 6.45) is 5.90. The van der Waals surface area contributed by atoms with Gasteiger partial charge >= 0.3 is 5.82 Å². The third-order valence-electron chi connectivity index (χ3n) is 3.10. The minimum Gasteiger partial charge on any atom is -0.378 e. The van der Waals surface area contributed by atoms with E-state index in [1.807, 2.05) is 35.2 Å². The molecule has 0 atom stereocenters. The second-order valence-corrected chi connectivity index (χ2v) is 4.25. The lowest BCUT2D eigenvalue weighted by molar-refractivity contribution is -0.599. The normalized spacial score (nSPS) is 15.7. The van der Waals surface area contributed by atoms with E-state index in [4.69, 9.17) is 4.74 Å². The van der Waals surface area contributed by atoms with Crippen LogP contribution >= 0.6 is 0 Å². The number of anilines is 1. The van der Waals surface area contributed by atoms with Crippen molar-refractivity contribution in [1.29, 1.82) is 0 Å². The molecule has 92 valence electrons. The van der Waals surface area contributed by atoms with Crippen LogP contribution in [0.5, 0.6) is 0 Å². The molecule has 4 nitrogen and oxygen atoms in total. The average molecular weight is 242 g/mol. The lowest BCUT2D eigenvalue weighted by atomic mass is 10.3. The first-order valence-electron chi connectivity index (χ1n) is 6.19. The van der Waals surface area contributed by atoms with Crippen LogP contribution in [0, 0.1) is 0 Å². The minimum absolute atomic E-state index is 0.815. The zero-order valence-electron chi connectivity index (χ0n) is 10.2. The van der Waals surface area contributed by atoms with E-state index in [0.717, 1.165) is 32.1 Å². The molecule has 3 heterocycles. The molecule has 1 aliphatic heterocycles. The Hall–Kier alpha value is -1.94. The quantitative estimate of drug-likeness (QED) is 0.741. The van der Waals surface area contributed by atoms with Gasteiger partial charge in [0.1, 0.15) is 6.20 Å². The highest BCUT2D eigenvalue weighted by molar-refractivity contribution is 5.44. The van der Waals surface area contributed by atoms with E-state index in [1.54, 1.807) is 6.20 Å². The number of rotatable bonds is 2. The predicted octanol–water partition coefficient (Wildman–Crippen LogP) is 1.19. The van der Waals surface area contributed by atoms with Crippen LogP contribution in [0.25, 0.3) is 5.82 Å². The molecular formula is C14H16N3O+. The van der Waals surface area contributed by atoms with Gasteiger partial charge in [0.2, 0.25) is 0 Å². The highest BCUT2D eigenvalue weighted by Crippen LogP contribution is 2.13. The van der Waals surface area contributed by atoms with Gasteiger partial charge in [-0.1, -0.05) is 6.07 Å². The van der Waals surface area contributed by atoms with Crippen LogP contribution in [0.2, 0.25) is 0 Å². The van der Waals surface area contributed by atoms with E-state index < -0.39 is 0 Å². The minimum atomic E-state index is 0.815. The largest absolute Gasteiger partial charge is 0.378 e. The van der Waals surface area contributed by atoms with Gasteiger partial charge in [0.15, 0.2) is 0 Å². The van der Waals surface area contributed by atoms with Gasteiger partial charge in [-0.05, 0) is 11.1 Å². The van der Waals surface area contributed by atoms with Crippen LogP contribution in [0.3, 0.4) is 0 Å². The number of aromatic nitrogens is 2. The molecule has 4 heteroatoms. The van der Waals surface area contributed by atoms with E-state index in [-0.39, 0.29) is 0 Å². The Bertz CT molecular complexity index is 492. The summed E-state index contributed by atoms with van der Waals surface area (Å²) in [5, 5.41) is 0. The smallest absolute Gasteiger partial charge is 0.327 e. The van der Waals surface area contributed by atoms with Crippen LogP contribution < -0.4 is 9.47 Å². The Balaban J connectivity index is 1.80. The van der Waals surface area contributed by atoms with E-state index in [2.05, 4.69) is 22.0 Å². The van der Waals surface area contributed by atoms with Gasteiger partial charge in [-0.15, -0.1) is 0 Å². The Morgan fingerprint density at radius 3 is 2.50 bits per heavy atom. The maximum Gasteiger partial charge on any atom is 0.327 e. The molecule has 2 aromatic rings. The summed E-state index contributed by atoms with van der Waals surface area (Å²) in [4.78, 5) is 6.66. The molecule has 0 radical (unpaired) electrons. The van der Waals surface area contributed by atoms with Crippen molar-refractivity contribution in [1.82, 2.24) is 4.98 Å². The molecule has 0 amide bonds. The molecule has 0 N–H and O–H groups in total. The summed E-state index contributed by atoms with van der Waals surface area (Å²) < 4.78 is 7.38. The van der Waals surface area contributed by atoms with Crippen LogP contribution in [0.1, 0.15) is 0 Å². The number of morpholine rings is 1. The van der Waals surface area contributed by atoms with E-state index in [9.17, 15) is 0 Å². The molecule has 2 aromatic heterocycles. The molecule has 0 bridgehead atoms. The van der Waals surface area contributed by atoms with Crippen molar-refractivity contribution in [2.45, 2.75) is 0 Å². The number of nitrogens with zero attached hydrogens (tertiary/aromatic N) is 3. The SMILES string of the molecule is c1ccc(-[n+]2ccc(N3CCOCC3)cc2)nc1. The van der Waals surface area contributed by atoms with Gasteiger partial charge in [0.05, 0.1) is 25.6 Å². The first-order chi connectivity index (χ1) is 8.93. The number of ether oxygens (including phenoxy) is 1. The molecule has 0 unspecified atom stereocenters. The summed E-state index contributed by atoms with van der Waals surface area (Å²) in [6, 6.07) is 10.2. The van der Waals surface area contributed by atoms with E-state index >= 15 is 0 Å². The molecule has 0 saturated carbocycles. The number of hydrogen-bond donors (Lipinski definition) is 0. The van der Waals surface area contributed by atoms with Crippen molar-refractivity contribution < 1.29 is 9.30 Å². The lowest BCUT2D eigenvalue weighted by Gasteiger charge is -2.28. The van der Waals surface area contributed by atoms with Gasteiger partial charge in [-0.2, -0.15) is 0 Å². The second kappa shape index (κ2) is 5.14. The monoisotopic (exact) mass is 242 g/mol. The fourth-order valence-corrected chi connectivity index (χ4v) is 2.11. The third kappa shape index (κ3) is 2.33. The summed E-state index contributed by atoms with van der Waals surface area (Å²) in [5.41, 5.74) is 1.24. The summed E-state index contributed by atoms with van der Waals surface area (Å²) >= 11 is 0.